The van der Waals surface area contributed by atoms with Crippen molar-refractivity contribution in [2.24, 2.45) is 0 Å². The van der Waals surface area contributed by atoms with Gasteiger partial charge in [0.25, 0.3) is 0 Å². The van der Waals surface area contributed by atoms with Gasteiger partial charge in [-0.25, -0.2) is 4.98 Å². The number of aromatic nitrogens is 2. The van der Waals surface area contributed by atoms with Gasteiger partial charge in [0.2, 0.25) is 5.95 Å². The van der Waals surface area contributed by atoms with E-state index in [2.05, 4.69) is 29.1 Å². The summed E-state index contributed by atoms with van der Waals surface area (Å²) in [7, 11) is 0. The highest BCUT2D eigenvalue weighted by molar-refractivity contribution is 7.16. The Kier molecular flexibility index (Phi) is 3.06. The van der Waals surface area contributed by atoms with Gasteiger partial charge in [-0.15, -0.1) is 11.3 Å². The molecule has 2 aromatic rings. The monoisotopic (exact) mass is 278 g/mol. The number of fused-ring (bicyclic) bond motifs is 1. The van der Waals surface area contributed by atoms with Gasteiger partial charge in [-0.2, -0.15) is 4.98 Å². The van der Waals surface area contributed by atoms with E-state index in [0.717, 1.165) is 35.5 Å². The van der Waals surface area contributed by atoms with Crippen LogP contribution in [0.1, 0.15) is 26.7 Å². The molecule has 1 aliphatic rings. The van der Waals surface area contributed by atoms with Crippen molar-refractivity contribution in [1.82, 2.24) is 9.97 Å². The number of hydrogen-bond donors (Lipinski definition) is 2. The zero-order valence-electron chi connectivity index (χ0n) is 11.1. The van der Waals surface area contributed by atoms with Crippen molar-refractivity contribution >= 4 is 33.3 Å². The number of hydrogen-bond acceptors (Lipinski definition) is 6. The second-order valence-electron chi connectivity index (χ2n) is 5.51. The highest BCUT2D eigenvalue weighted by Crippen LogP contribution is 2.30. The third-order valence-corrected chi connectivity index (χ3v) is 4.19. The van der Waals surface area contributed by atoms with Crippen LogP contribution in [0.5, 0.6) is 0 Å². The van der Waals surface area contributed by atoms with Gasteiger partial charge >= 0.3 is 0 Å². The third kappa shape index (κ3) is 2.64. The van der Waals surface area contributed by atoms with E-state index in [9.17, 15) is 0 Å². The normalized spacial score (nSPS) is 22.5. The van der Waals surface area contributed by atoms with Crippen LogP contribution in [0.4, 0.5) is 11.8 Å². The molecule has 2 aromatic heterocycles. The fourth-order valence-electron chi connectivity index (χ4n) is 2.53. The molecule has 0 amide bonds. The van der Waals surface area contributed by atoms with Crippen LogP contribution >= 0.6 is 11.3 Å². The average molecular weight is 278 g/mol. The number of nitrogens with two attached hydrogens (primary N) is 1. The lowest BCUT2D eigenvalue weighted by Crippen LogP contribution is -2.40. The Hall–Kier alpha value is -1.40. The fraction of sp³-hybridized carbons (Fsp3) is 0.538. The Morgan fingerprint density at radius 2 is 2.32 bits per heavy atom. The lowest BCUT2D eigenvalue weighted by molar-refractivity contribution is -0.0553. The first kappa shape index (κ1) is 12.6. The number of anilines is 2. The highest BCUT2D eigenvalue weighted by Gasteiger charge is 2.29. The summed E-state index contributed by atoms with van der Waals surface area (Å²) in [6, 6.07) is 2.40. The third-order valence-electron chi connectivity index (χ3n) is 3.38. The van der Waals surface area contributed by atoms with E-state index >= 15 is 0 Å². The Bertz CT molecular complexity index is 595. The maximum Gasteiger partial charge on any atom is 0.223 e. The lowest BCUT2D eigenvalue weighted by Gasteiger charge is -2.36. The molecule has 102 valence electrons. The largest absolute Gasteiger partial charge is 0.375 e. The molecule has 0 radical (unpaired) electrons. The van der Waals surface area contributed by atoms with Crippen molar-refractivity contribution in [2.75, 3.05) is 17.7 Å². The summed E-state index contributed by atoms with van der Waals surface area (Å²) in [6.07, 6.45) is 1.95. The van der Waals surface area contributed by atoms with Crippen molar-refractivity contribution in [3.8, 4) is 0 Å². The topological polar surface area (TPSA) is 73.1 Å². The van der Waals surface area contributed by atoms with Crippen molar-refractivity contribution < 1.29 is 4.74 Å². The molecule has 1 atom stereocenters. The van der Waals surface area contributed by atoms with Gasteiger partial charge in [-0.3, -0.25) is 0 Å². The predicted octanol–water partition coefficient (Wildman–Crippen LogP) is 2.64. The molecule has 0 aromatic carbocycles. The van der Waals surface area contributed by atoms with Gasteiger partial charge in [0.15, 0.2) is 0 Å². The van der Waals surface area contributed by atoms with Gasteiger partial charge in [-0.1, -0.05) is 0 Å². The van der Waals surface area contributed by atoms with E-state index in [0.29, 0.717) is 12.0 Å². The van der Waals surface area contributed by atoms with Crippen LogP contribution < -0.4 is 11.1 Å². The first-order valence-electron chi connectivity index (χ1n) is 6.45. The number of rotatable bonds is 2. The summed E-state index contributed by atoms with van der Waals surface area (Å²) < 4.78 is 5.73. The van der Waals surface area contributed by atoms with Crippen LogP contribution in [0.25, 0.3) is 10.2 Å². The molecule has 1 unspecified atom stereocenters. The van der Waals surface area contributed by atoms with Gasteiger partial charge in [-0.05, 0) is 38.1 Å². The van der Waals surface area contributed by atoms with Gasteiger partial charge < -0.3 is 15.8 Å². The highest BCUT2D eigenvalue weighted by atomic mass is 32.1. The van der Waals surface area contributed by atoms with Gasteiger partial charge in [0, 0.05) is 12.6 Å². The molecular weight excluding hydrogens is 260 g/mol. The minimum atomic E-state index is -0.0811. The smallest absolute Gasteiger partial charge is 0.223 e. The summed E-state index contributed by atoms with van der Waals surface area (Å²) in [5.74, 6) is 1.16. The summed E-state index contributed by atoms with van der Waals surface area (Å²) in [4.78, 5) is 9.51. The molecule has 3 heterocycles. The molecule has 1 aliphatic heterocycles. The maximum absolute atomic E-state index is 5.76. The van der Waals surface area contributed by atoms with Crippen molar-refractivity contribution in [3.63, 3.8) is 0 Å². The van der Waals surface area contributed by atoms with Crippen LogP contribution in [-0.2, 0) is 4.74 Å². The molecule has 5 nitrogen and oxygen atoms in total. The Balaban J connectivity index is 1.86. The van der Waals surface area contributed by atoms with Crippen LogP contribution in [0.15, 0.2) is 11.4 Å². The molecule has 19 heavy (non-hydrogen) atoms. The summed E-state index contributed by atoms with van der Waals surface area (Å²) in [5, 5.41) is 6.56. The second kappa shape index (κ2) is 4.61. The first-order valence-corrected chi connectivity index (χ1v) is 7.33. The van der Waals surface area contributed by atoms with Gasteiger partial charge in [0.05, 0.1) is 11.0 Å². The van der Waals surface area contributed by atoms with E-state index in [1.54, 1.807) is 11.3 Å². The molecule has 0 aliphatic carbocycles. The molecular formula is C13H18N4OS. The second-order valence-corrected chi connectivity index (χ2v) is 6.41. The Morgan fingerprint density at radius 3 is 3.11 bits per heavy atom. The maximum atomic E-state index is 5.76. The molecule has 0 spiro atoms. The molecule has 3 N–H and O–H groups in total. The first-order chi connectivity index (χ1) is 9.03. The van der Waals surface area contributed by atoms with E-state index in [1.165, 1.54) is 0 Å². The standard InChI is InChI=1S/C13H18N4OS/c1-13(2)7-8(3-5-18-13)15-10-9-4-6-19-11(9)17-12(14)16-10/h4,6,8H,3,5,7H2,1-2H3,(H3,14,15,16,17). The van der Waals surface area contributed by atoms with E-state index in [4.69, 9.17) is 10.5 Å². The minimum absolute atomic E-state index is 0.0811. The van der Waals surface area contributed by atoms with E-state index in [1.807, 2.05) is 11.4 Å². The van der Waals surface area contributed by atoms with E-state index < -0.39 is 0 Å². The molecule has 3 rings (SSSR count). The summed E-state index contributed by atoms with van der Waals surface area (Å²) in [6.45, 7) is 5.02. The van der Waals surface area contributed by atoms with Crippen LogP contribution in [0.2, 0.25) is 0 Å². The SMILES string of the molecule is CC1(C)CC(Nc2nc(N)nc3sccc23)CCO1. The number of ether oxygens (including phenoxy) is 1. The van der Waals surface area contributed by atoms with Crippen molar-refractivity contribution in [2.45, 2.75) is 38.3 Å². The van der Waals surface area contributed by atoms with Crippen LogP contribution in [0.3, 0.4) is 0 Å². The number of thiophene rings is 1. The zero-order valence-corrected chi connectivity index (χ0v) is 12.0. The Labute approximate surface area is 116 Å². The molecule has 1 saturated heterocycles. The molecule has 0 bridgehead atoms. The molecule has 1 fully saturated rings. The predicted molar refractivity (Wildman–Crippen MR) is 78.5 cm³/mol. The minimum Gasteiger partial charge on any atom is -0.375 e. The summed E-state index contributed by atoms with van der Waals surface area (Å²) in [5.41, 5.74) is 5.68. The average Bonchev–Trinajstić information content (AvgIpc) is 2.75. The van der Waals surface area contributed by atoms with E-state index in [-0.39, 0.29) is 5.60 Å². The lowest BCUT2D eigenvalue weighted by atomic mass is 9.94. The zero-order chi connectivity index (χ0) is 13.5. The van der Waals surface area contributed by atoms with Gasteiger partial charge in [0.1, 0.15) is 10.6 Å². The summed E-state index contributed by atoms with van der Waals surface area (Å²) >= 11 is 1.58. The molecule has 6 heteroatoms. The number of nitrogen functional groups attached to an aromatic ring is 1. The quantitative estimate of drug-likeness (QED) is 0.883. The number of nitrogens with zero attached hydrogens (tertiary/aromatic N) is 2. The number of nitrogens with one attached hydrogen (secondary N) is 1. The fourth-order valence-corrected chi connectivity index (χ4v) is 3.30. The van der Waals surface area contributed by atoms with Crippen molar-refractivity contribution in [1.29, 1.82) is 0 Å². The Morgan fingerprint density at radius 1 is 1.47 bits per heavy atom. The van der Waals surface area contributed by atoms with Crippen LogP contribution in [0, 0.1) is 0 Å². The van der Waals surface area contributed by atoms with Crippen molar-refractivity contribution in [3.05, 3.63) is 11.4 Å². The van der Waals surface area contributed by atoms with Crippen LogP contribution in [-0.4, -0.2) is 28.2 Å². The molecule has 0 saturated carbocycles.